The summed E-state index contributed by atoms with van der Waals surface area (Å²) in [6.07, 6.45) is 5.07. The largest absolute Gasteiger partial charge is 0.309 e. The van der Waals surface area contributed by atoms with Crippen LogP contribution in [0.25, 0.3) is 22.2 Å². The molecule has 0 atom stereocenters. The van der Waals surface area contributed by atoms with E-state index >= 15 is 0 Å². The van der Waals surface area contributed by atoms with Crippen molar-refractivity contribution in [1.29, 1.82) is 0 Å². The Labute approximate surface area is 225 Å². The molecule has 2 aromatic heterocycles. The normalized spacial score (nSPS) is 16.0. The van der Waals surface area contributed by atoms with Gasteiger partial charge in [0.1, 0.15) is 11.5 Å². The summed E-state index contributed by atoms with van der Waals surface area (Å²) in [5.41, 5.74) is 4.15. The molecule has 1 saturated heterocycles. The van der Waals surface area contributed by atoms with Gasteiger partial charge >= 0.3 is 0 Å². The van der Waals surface area contributed by atoms with Crippen LogP contribution >= 0.6 is 0 Å². The van der Waals surface area contributed by atoms with Gasteiger partial charge in [0.25, 0.3) is 0 Å². The highest BCUT2D eigenvalue weighted by atomic mass is 19.1. The molecule has 1 aliphatic heterocycles. The number of hydrogen-bond acceptors (Lipinski definition) is 7. The second-order valence-electron chi connectivity index (χ2n) is 10.0. The molecule has 0 unspecified atom stereocenters. The Kier molecular flexibility index (Phi) is 9.01. The number of aromatic nitrogens is 4. The Bertz CT molecular complexity index is 1330. The number of benzene rings is 1. The maximum absolute atomic E-state index is 14.9. The minimum atomic E-state index is -0.486. The lowest BCUT2D eigenvalue weighted by Gasteiger charge is -2.34. The van der Waals surface area contributed by atoms with Crippen molar-refractivity contribution in [2.24, 2.45) is 4.99 Å². The molecule has 4 rings (SSSR count). The zero-order valence-corrected chi connectivity index (χ0v) is 23.2. The van der Waals surface area contributed by atoms with E-state index in [0.717, 1.165) is 62.4 Å². The van der Waals surface area contributed by atoms with Gasteiger partial charge in [-0.05, 0) is 51.2 Å². The summed E-state index contributed by atoms with van der Waals surface area (Å²) in [5.74, 6) is 0.557. The molecule has 202 valence electrons. The summed E-state index contributed by atoms with van der Waals surface area (Å²) in [6.45, 7) is 21.5. The Balaban J connectivity index is 1.53. The van der Waals surface area contributed by atoms with Gasteiger partial charge in [-0.15, -0.1) is 0 Å². The Morgan fingerprint density at radius 1 is 1.13 bits per heavy atom. The third-order valence-corrected chi connectivity index (χ3v) is 6.96. The number of aryl methyl sites for hydroxylation is 1. The summed E-state index contributed by atoms with van der Waals surface area (Å²) < 4.78 is 16.9. The molecule has 1 fully saturated rings. The van der Waals surface area contributed by atoms with Crippen molar-refractivity contribution in [1.82, 2.24) is 29.5 Å². The number of rotatable bonds is 10. The Morgan fingerprint density at radius 3 is 2.53 bits per heavy atom. The quantitative estimate of drug-likeness (QED) is 0.290. The molecule has 0 spiro atoms. The highest BCUT2D eigenvalue weighted by Crippen LogP contribution is 2.30. The molecule has 0 radical (unpaired) electrons. The molecular formula is C29H39FN8. The number of halogens is 1. The molecule has 3 aromatic rings. The maximum Gasteiger partial charge on any atom is 0.229 e. The van der Waals surface area contributed by atoms with Crippen LogP contribution in [-0.4, -0.2) is 75.5 Å². The van der Waals surface area contributed by atoms with Crippen LogP contribution < -0.4 is 5.32 Å². The summed E-state index contributed by atoms with van der Waals surface area (Å²) >= 11 is 0. The zero-order valence-electron chi connectivity index (χ0n) is 23.2. The van der Waals surface area contributed by atoms with E-state index in [1.54, 1.807) is 0 Å². The molecule has 8 nitrogen and oxygen atoms in total. The molecule has 9 heteroatoms. The SMILES string of the molecule is C=N/C(=C\C=C(/C)CN1CCN(CC)CC1)Nc1ncc(F)c(-c2ccc3nn(CC)c(C(C)C)c3c2)n1. The molecular weight excluding hydrogens is 479 g/mol. The van der Waals surface area contributed by atoms with Crippen molar-refractivity contribution >= 4 is 23.6 Å². The first kappa shape index (κ1) is 27.6. The van der Waals surface area contributed by atoms with E-state index in [1.165, 1.54) is 11.8 Å². The van der Waals surface area contributed by atoms with Crippen molar-refractivity contribution in [3.63, 3.8) is 0 Å². The fourth-order valence-corrected chi connectivity index (χ4v) is 4.92. The van der Waals surface area contributed by atoms with Crippen LogP contribution in [0.3, 0.4) is 0 Å². The van der Waals surface area contributed by atoms with E-state index < -0.39 is 5.82 Å². The molecule has 3 heterocycles. The van der Waals surface area contributed by atoms with Crippen LogP contribution in [0.1, 0.15) is 46.2 Å². The third kappa shape index (κ3) is 6.34. The van der Waals surface area contributed by atoms with E-state index in [4.69, 9.17) is 5.10 Å². The number of hydrogen-bond donors (Lipinski definition) is 1. The number of nitrogens with one attached hydrogen (secondary N) is 1. The van der Waals surface area contributed by atoms with E-state index in [-0.39, 0.29) is 17.6 Å². The molecule has 1 aliphatic rings. The average molecular weight is 519 g/mol. The molecule has 0 amide bonds. The van der Waals surface area contributed by atoms with Crippen molar-refractivity contribution in [2.75, 3.05) is 44.6 Å². The molecule has 0 aliphatic carbocycles. The number of anilines is 1. The number of likely N-dealkylation sites (N-methyl/N-ethyl adjacent to an activating group) is 1. The molecule has 1 N–H and O–H groups in total. The summed E-state index contributed by atoms with van der Waals surface area (Å²) in [4.78, 5) is 17.6. The van der Waals surface area contributed by atoms with Crippen molar-refractivity contribution < 1.29 is 4.39 Å². The molecule has 0 saturated carbocycles. The predicted molar refractivity (Wildman–Crippen MR) is 154 cm³/mol. The Hall–Kier alpha value is -3.43. The minimum absolute atomic E-state index is 0.227. The summed E-state index contributed by atoms with van der Waals surface area (Å²) in [5, 5.41) is 8.79. The first-order chi connectivity index (χ1) is 18.3. The number of piperazine rings is 1. The lowest BCUT2D eigenvalue weighted by atomic mass is 10.0. The highest BCUT2D eigenvalue weighted by Gasteiger charge is 2.17. The maximum atomic E-state index is 14.9. The van der Waals surface area contributed by atoms with Crippen molar-refractivity contribution in [3.8, 4) is 11.3 Å². The van der Waals surface area contributed by atoms with Crippen LogP contribution in [0, 0.1) is 5.82 Å². The second-order valence-corrected chi connectivity index (χ2v) is 10.0. The van der Waals surface area contributed by atoms with E-state index in [2.05, 4.69) is 71.4 Å². The zero-order chi connectivity index (χ0) is 27.2. The first-order valence-corrected chi connectivity index (χ1v) is 13.4. The fourth-order valence-electron chi connectivity index (χ4n) is 4.92. The Morgan fingerprint density at radius 2 is 1.87 bits per heavy atom. The van der Waals surface area contributed by atoms with Gasteiger partial charge in [-0.2, -0.15) is 5.10 Å². The van der Waals surface area contributed by atoms with E-state index in [0.29, 0.717) is 11.4 Å². The highest BCUT2D eigenvalue weighted by molar-refractivity contribution is 5.87. The van der Waals surface area contributed by atoms with Gasteiger partial charge in [-0.3, -0.25) is 9.58 Å². The van der Waals surface area contributed by atoms with Crippen LogP contribution in [0.2, 0.25) is 0 Å². The van der Waals surface area contributed by atoms with Gasteiger partial charge in [0.2, 0.25) is 5.95 Å². The van der Waals surface area contributed by atoms with E-state index in [9.17, 15) is 4.39 Å². The monoisotopic (exact) mass is 518 g/mol. The van der Waals surface area contributed by atoms with Crippen LogP contribution in [0.4, 0.5) is 10.3 Å². The molecule has 1 aromatic carbocycles. The second kappa shape index (κ2) is 12.4. The predicted octanol–water partition coefficient (Wildman–Crippen LogP) is 5.31. The number of nitrogens with zero attached hydrogens (tertiary/aromatic N) is 7. The van der Waals surface area contributed by atoms with E-state index in [1.807, 2.05) is 35.0 Å². The van der Waals surface area contributed by atoms with Crippen LogP contribution in [0.15, 0.2) is 52.9 Å². The minimum Gasteiger partial charge on any atom is -0.309 e. The van der Waals surface area contributed by atoms with Gasteiger partial charge in [0.15, 0.2) is 5.82 Å². The van der Waals surface area contributed by atoms with Crippen LogP contribution in [0.5, 0.6) is 0 Å². The van der Waals surface area contributed by atoms with Crippen LogP contribution in [-0.2, 0) is 6.54 Å². The topological polar surface area (TPSA) is 74.5 Å². The summed E-state index contributed by atoms with van der Waals surface area (Å²) in [7, 11) is 0. The van der Waals surface area contributed by atoms with Gasteiger partial charge in [-0.25, -0.2) is 19.4 Å². The van der Waals surface area contributed by atoms with Gasteiger partial charge in [-0.1, -0.05) is 38.5 Å². The van der Waals surface area contributed by atoms with Gasteiger partial charge < -0.3 is 10.2 Å². The first-order valence-electron chi connectivity index (χ1n) is 13.4. The number of fused-ring (bicyclic) bond motifs is 1. The average Bonchev–Trinajstić information content (AvgIpc) is 3.30. The third-order valence-electron chi connectivity index (χ3n) is 6.96. The lowest BCUT2D eigenvalue weighted by Crippen LogP contribution is -2.46. The van der Waals surface area contributed by atoms with Gasteiger partial charge in [0.05, 0.1) is 11.7 Å². The van der Waals surface area contributed by atoms with Gasteiger partial charge in [0, 0.05) is 55.9 Å². The molecule has 0 bridgehead atoms. The van der Waals surface area contributed by atoms with Crippen molar-refractivity contribution in [2.45, 2.75) is 47.1 Å². The fraction of sp³-hybridized carbons (Fsp3) is 0.448. The number of allylic oxidation sites excluding steroid dienone is 2. The lowest BCUT2D eigenvalue weighted by molar-refractivity contribution is 0.146. The molecule has 38 heavy (non-hydrogen) atoms. The smallest absolute Gasteiger partial charge is 0.229 e. The standard InChI is InChI=1S/C29H39FN8/c1-7-36-13-15-37(16-14-36)19-21(5)9-12-26(31-6)33-29-32-18-24(30)27(34-29)22-10-11-25-23(17-22)28(20(3)4)38(8-2)35-25/h9-12,17-18,20H,6-8,13-16,19H2,1-5H3,(H,32,33,34)/b21-9+,26-12+. The summed E-state index contributed by atoms with van der Waals surface area (Å²) in [6, 6.07) is 5.74. The number of aliphatic imine (C=N–C) groups is 1. The van der Waals surface area contributed by atoms with Crippen molar-refractivity contribution in [3.05, 3.63) is 59.5 Å².